The van der Waals surface area contributed by atoms with Crippen LogP contribution in [-0.2, 0) is 14.3 Å². The molecule has 2 N–H and O–H groups in total. The van der Waals surface area contributed by atoms with E-state index in [0.29, 0.717) is 5.75 Å². The van der Waals surface area contributed by atoms with Gasteiger partial charge in [0.05, 0.1) is 13.2 Å². The number of carboxylic acids is 1. The molecule has 1 atom stereocenters. The first-order chi connectivity index (χ1) is 9.02. The highest BCUT2D eigenvalue weighted by molar-refractivity contribution is 5.78. The third-order valence-electron chi connectivity index (χ3n) is 2.43. The van der Waals surface area contributed by atoms with E-state index in [0.717, 1.165) is 5.56 Å². The first-order valence-corrected chi connectivity index (χ1v) is 5.75. The molecule has 0 heterocycles. The first-order valence-electron chi connectivity index (χ1n) is 5.75. The van der Waals surface area contributed by atoms with E-state index < -0.39 is 12.6 Å². The Morgan fingerprint density at radius 3 is 2.74 bits per heavy atom. The largest absolute Gasteiger partial charge is 0.497 e. The molecule has 19 heavy (non-hydrogen) atoms. The summed E-state index contributed by atoms with van der Waals surface area (Å²) >= 11 is 0. The maximum atomic E-state index is 11.5. The smallest absolute Gasteiger partial charge is 0.329 e. The molecule has 0 bridgehead atoms. The third-order valence-corrected chi connectivity index (χ3v) is 2.43. The summed E-state index contributed by atoms with van der Waals surface area (Å²) in [5.41, 5.74) is 0.894. The van der Waals surface area contributed by atoms with Crippen molar-refractivity contribution in [3.05, 3.63) is 29.8 Å². The Morgan fingerprint density at radius 2 is 2.11 bits per heavy atom. The van der Waals surface area contributed by atoms with Gasteiger partial charge in [0.2, 0.25) is 5.91 Å². The monoisotopic (exact) mass is 267 g/mol. The molecule has 0 fully saturated rings. The molecule has 104 valence electrons. The van der Waals surface area contributed by atoms with Gasteiger partial charge in [-0.15, -0.1) is 0 Å². The Balaban J connectivity index is 2.46. The molecule has 0 spiro atoms. The van der Waals surface area contributed by atoms with Gasteiger partial charge in [-0.2, -0.15) is 0 Å². The van der Waals surface area contributed by atoms with E-state index in [-0.39, 0.29) is 18.6 Å². The van der Waals surface area contributed by atoms with Gasteiger partial charge in [-0.3, -0.25) is 4.79 Å². The Hall–Kier alpha value is -2.08. The van der Waals surface area contributed by atoms with Crippen molar-refractivity contribution in [2.75, 3.05) is 20.3 Å². The lowest BCUT2D eigenvalue weighted by Crippen LogP contribution is -2.30. The second kappa shape index (κ2) is 7.38. The number of carboxylic acid groups (broad SMARTS) is 1. The molecule has 1 rings (SSSR count). The number of methoxy groups -OCH3 is 1. The minimum atomic E-state index is -1.10. The number of carbonyl (C=O) groups excluding carboxylic acids is 1. The van der Waals surface area contributed by atoms with Crippen LogP contribution in [0.3, 0.4) is 0 Å². The number of rotatable bonds is 7. The molecular formula is C13H17NO5. The fraction of sp³-hybridized carbons (Fsp3) is 0.385. The number of benzene rings is 1. The second-order valence-corrected chi connectivity index (χ2v) is 3.95. The standard InChI is InChI=1S/C13H17NO5/c1-9(10-4-3-5-11(6-10)18-2)14-12(15)7-19-8-13(16)17/h3-6,9H,7-8H2,1-2H3,(H,14,15)(H,16,17)/t9-/m1/s1. The number of hydrogen-bond donors (Lipinski definition) is 2. The summed E-state index contributed by atoms with van der Waals surface area (Å²) in [4.78, 5) is 21.7. The molecule has 0 unspecified atom stereocenters. The molecule has 0 aliphatic carbocycles. The normalized spacial score (nSPS) is 11.7. The summed E-state index contributed by atoms with van der Waals surface area (Å²) in [6.07, 6.45) is 0. The van der Waals surface area contributed by atoms with Crippen LogP contribution < -0.4 is 10.1 Å². The van der Waals surface area contributed by atoms with E-state index in [4.69, 9.17) is 14.6 Å². The van der Waals surface area contributed by atoms with Gasteiger partial charge >= 0.3 is 5.97 Å². The lowest BCUT2D eigenvalue weighted by Gasteiger charge is -2.15. The average molecular weight is 267 g/mol. The molecule has 6 nitrogen and oxygen atoms in total. The molecule has 1 aromatic carbocycles. The Bertz CT molecular complexity index is 446. The van der Waals surface area contributed by atoms with E-state index >= 15 is 0 Å². The number of nitrogens with one attached hydrogen (secondary N) is 1. The Kier molecular flexibility index (Phi) is 5.81. The van der Waals surface area contributed by atoms with Gasteiger partial charge in [0.25, 0.3) is 0 Å². The molecular weight excluding hydrogens is 250 g/mol. The van der Waals surface area contributed by atoms with Crippen LogP contribution in [0, 0.1) is 0 Å². The van der Waals surface area contributed by atoms with Gasteiger partial charge < -0.3 is 19.9 Å². The van der Waals surface area contributed by atoms with E-state index in [1.54, 1.807) is 7.11 Å². The second-order valence-electron chi connectivity index (χ2n) is 3.95. The molecule has 1 amide bonds. The van der Waals surface area contributed by atoms with Gasteiger partial charge in [0.15, 0.2) is 0 Å². The molecule has 6 heteroatoms. The van der Waals surface area contributed by atoms with E-state index in [2.05, 4.69) is 5.32 Å². The van der Waals surface area contributed by atoms with E-state index in [9.17, 15) is 9.59 Å². The average Bonchev–Trinajstić information content (AvgIpc) is 2.38. The van der Waals surface area contributed by atoms with Crippen molar-refractivity contribution < 1.29 is 24.2 Å². The minimum absolute atomic E-state index is 0.212. The van der Waals surface area contributed by atoms with Crippen LogP contribution in [0.4, 0.5) is 0 Å². The molecule has 0 radical (unpaired) electrons. The van der Waals surface area contributed by atoms with Gasteiger partial charge in [-0.25, -0.2) is 4.79 Å². The lowest BCUT2D eigenvalue weighted by atomic mass is 10.1. The zero-order chi connectivity index (χ0) is 14.3. The van der Waals surface area contributed by atoms with Gasteiger partial charge in [-0.05, 0) is 24.6 Å². The molecule has 0 saturated carbocycles. The quantitative estimate of drug-likeness (QED) is 0.769. The van der Waals surface area contributed by atoms with Crippen LogP contribution in [0.2, 0.25) is 0 Å². The van der Waals surface area contributed by atoms with Crippen LogP contribution >= 0.6 is 0 Å². The van der Waals surface area contributed by atoms with Gasteiger partial charge in [0, 0.05) is 0 Å². The van der Waals surface area contributed by atoms with Crippen LogP contribution in [-0.4, -0.2) is 37.3 Å². The molecule has 0 aromatic heterocycles. The summed E-state index contributed by atoms with van der Waals surface area (Å²) in [6, 6.07) is 7.12. The Morgan fingerprint density at radius 1 is 1.37 bits per heavy atom. The lowest BCUT2D eigenvalue weighted by molar-refractivity contribution is -0.143. The maximum absolute atomic E-state index is 11.5. The summed E-state index contributed by atoms with van der Waals surface area (Å²) < 4.78 is 9.80. The zero-order valence-electron chi connectivity index (χ0n) is 10.9. The number of carbonyl (C=O) groups is 2. The van der Waals surface area contributed by atoms with E-state index in [1.165, 1.54) is 0 Å². The number of amides is 1. The van der Waals surface area contributed by atoms with E-state index in [1.807, 2.05) is 31.2 Å². The van der Waals surface area contributed by atoms with Crippen LogP contribution in [0.15, 0.2) is 24.3 Å². The summed E-state index contributed by atoms with van der Waals surface area (Å²) in [5, 5.41) is 11.1. The minimum Gasteiger partial charge on any atom is -0.497 e. The number of ether oxygens (including phenoxy) is 2. The number of hydrogen-bond acceptors (Lipinski definition) is 4. The fourth-order valence-corrected chi connectivity index (χ4v) is 1.51. The van der Waals surface area contributed by atoms with Crippen molar-refractivity contribution >= 4 is 11.9 Å². The van der Waals surface area contributed by atoms with Crippen molar-refractivity contribution in [3.8, 4) is 5.75 Å². The number of aliphatic carboxylic acids is 1. The molecule has 0 saturated heterocycles. The van der Waals surface area contributed by atoms with Crippen LogP contribution in [0.1, 0.15) is 18.5 Å². The first kappa shape index (κ1) is 15.0. The molecule has 0 aliphatic heterocycles. The highest BCUT2D eigenvalue weighted by Crippen LogP contribution is 2.18. The Labute approximate surface area is 111 Å². The fourth-order valence-electron chi connectivity index (χ4n) is 1.51. The zero-order valence-corrected chi connectivity index (χ0v) is 10.9. The van der Waals surface area contributed by atoms with Crippen LogP contribution in [0.25, 0.3) is 0 Å². The third kappa shape index (κ3) is 5.39. The van der Waals surface area contributed by atoms with Crippen molar-refractivity contribution in [3.63, 3.8) is 0 Å². The van der Waals surface area contributed by atoms with Gasteiger partial charge in [-0.1, -0.05) is 12.1 Å². The maximum Gasteiger partial charge on any atom is 0.329 e. The topological polar surface area (TPSA) is 84.9 Å². The van der Waals surface area contributed by atoms with Crippen molar-refractivity contribution in [2.24, 2.45) is 0 Å². The highest BCUT2D eigenvalue weighted by Gasteiger charge is 2.10. The summed E-state index contributed by atoms with van der Waals surface area (Å²) in [7, 11) is 1.57. The predicted molar refractivity (Wildman–Crippen MR) is 68.0 cm³/mol. The van der Waals surface area contributed by atoms with Gasteiger partial charge in [0.1, 0.15) is 19.0 Å². The SMILES string of the molecule is COc1cccc([C@@H](C)NC(=O)COCC(=O)O)c1. The predicted octanol–water partition coefficient (Wildman–Crippen LogP) is 0.974. The summed E-state index contributed by atoms with van der Waals surface area (Å²) in [6.45, 7) is 1.06. The highest BCUT2D eigenvalue weighted by atomic mass is 16.5. The molecule has 0 aliphatic rings. The van der Waals surface area contributed by atoms with Crippen LogP contribution in [0.5, 0.6) is 5.75 Å². The summed E-state index contributed by atoms with van der Waals surface area (Å²) in [5.74, 6) is -0.758. The van der Waals surface area contributed by atoms with Crippen molar-refractivity contribution in [2.45, 2.75) is 13.0 Å². The molecule has 1 aromatic rings. The van der Waals surface area contributed by atoms with Crippen molar-refractivity contribution in [1.82, 2.24) is 5.32 Å². The van der Waals surface area contributed by atoms with Crippen molar-refractivity contribution in [1.29, 1.82) is 0 Å².